The highest BCUT2D eigenvalue weighted by atomic mass is 32.2. The molecule has 0 aromatic heterocycles. The van der Waals surface area contributed by atoms with Crippen molar-refractivity contribution in [3.63, 3.8) is 0 Å². The largest absolute Gasteiger partial charge is 0.446 e. The van der Waals surface area contributed by atoms with Gasteiger partial charge in [0.05, 0.1) is 5.69 Å². The molecule has 0 unspecified atom stereocenters. The van der Waals surface area contributed by atoms with Crippen molar-refractivity contribution in [2.45, 2.75) is 29.3 Å². The Balaban J connectivity index is 2.09. The Hall–Kier alpha value is -1.44. The lowest BCUT2D eigenvalue weighted by Gasteiger charge is -2.19. The fourth-order valence-electron chi connectivity index (χ4n) is 1.57. The third-order valence-corrected chi connectivity index (χ3v) is 3.44. The van der Waals surface area contributed by atoms with E-state index in [4.69, 9.17) is 0 Å². The van der Waals surface area contributed by atoms with E-state index in [1.807, 2.05) is 0 Å². The number of alkyl halides is 3. The van der Waals surface area contributed by atoms with E-state index in [1.165, 1.54) is 7.05 Å². The van der Waals surface area contributed by atoms with Crippen molar-refractivity contribution in [3.8, 4) is 0 Å². The molecule has 8 heteroatoms. The second-order valence-corrected chi connectivity index (χ2v) is 5.58. The minimum absolute atomic E-state index is 0.0605. The number of urea groups is 1. The summed E-state index contributed by atoms with van der Waals surface area (Å²) in [5, 5.41) is 2.67. The third kappa shape index (κ3) is 4.03. The monoisotopic (exact) mass is 308 g/mol. The first-order valence-corrected chi connectivity index (χ1v) is 6.67. The number of rotatable bonds is 3. The Morgan fingerprint density at radius 2 is 2.05 bits per heavy atom. The fraction of sp³-hybridized carbons (Fsp3) is 0.417. The van der Waals surface area contributed by atoms with Gasteiger partial charge in [0.1, 0.15) is 5.82 Å². The highest BCUT2D eigenvalue weighted by Crippen LogP contribution is 2.38. The van der Waals surface area contributed by atoms with E-state index < -0.39 is 29.1 Å². The predicted octanol–water partition coefficient (Wildman–Crippen LogP) is 3.75. The predicted molar refractivity (Wildman–Crippen MR) is 68.3 cm³/mol. The Morgan fingerprint density at radius 3 is 2.55 bits per heavy atom. The lowest BCUT2D eigenvalue weighted by Crippen LogP contribution is -2.38. The van der Waals surface area contributed by atoms with Crippen molar-refractivity contribution in [2.75, 3.05) is 11.9 Å². The molecule has 1 aliphatic rings. The lowest BCUT2D eigenvalue weighted by atomic mass is 10.3. The van der Waals surface area contributed by atoms with Crippen LogP contribution in [-0.2, 0) is 0 Å². The van der Waals surface area contributed by atoms with Crippen molar-refractivity contribution in [2.24, 2.45) is 0 Å². The molecule has 1 fully saturated rings. The van der Waals surface area contributed by atoms with Gasteiger partial charge in [-0.2, -0.15) is 13.2 Å². The molecule has 1 aromatic rings. The van der Waals surface area contributed by atoms with Gasteiger partial charge in [-0.15, -0.1) is 0 Å². The van der Waals surface area contributed by atoms with Crippen molar-refractivity contribution in [1.29, 1.82) is 0 Å². The van der Waals surface area contributed by atoms with E-state index in [1.54, 1.807) is 0 Å². The average Bonchev–Trinajstić information content (AvgIpc) is 3.10. The van der Waals surface area contributed by atoms with Gasteiger partial charge in [0.25, 0.3) is 0 Å². The van der Waals surface area contributed by atoms with Crippen LogP contribution in [0.25, 0.3) is 0 Å². The maximum atomic E-state index is 13.8. The van der Waals surface area contributed by atoms with Crippen LogP contribution in [0.4, 0.5) is 28.0 Å². The first kappa shape index (κ1) is 15.0. The molecule has 110 valence electrons. The summed E-state index contributed by atoms with van der Waals surface area (Å²) in [6.45, 7) is 0. The number of carbonyl (C=O) groups excluding carboxylic acids is 1. The van der Waals surface area contributed by atoms with Crippen molar-refractivity contribution < 1.29 is 22.4 Å². The van der Waals surface area contributed by atoms with Gasteiger partial charge < -0.3 is 5.32 Å². The topological polar surface area (TPSA) is 32.3 Å². The van der Waals surface area contributed by atoms with Gasteiger partial charge in [-0.1, -0.05) is 0 Å². The van der Waals surface area contributed by atoms with Crippen LogP contribution in [0.5, 0.6) is 0 Å². The Morgan fingerprint density at radius 1 is 1.40 bits per heavy atom. The van der Waals surface area contributed by atoms with E-state index >= 15 is 0 Å². The summed E-state index contributed by atoms with van der Waals surface area (Å²) in [7, 11) is 1.37. The quantitative estimate of drug-likeness (QED) is 0.681. The van der Waals surface area contributed by atoms with Crippen LogP contribution in [0.2, 0.25) is 0 Å². The SMILES string of the molecule is CN(C(=O)NC1CC1)c1ccc(SC(F)(F)F)cc1F. The highest BCUT2D eigenvalue weighted by Gasteiger charge is 2.30. The van der Waals surface area contributed by atoms with E-state index in [2.05, 4.69) is 5.32 Å². The number of carbonyl (C=O) groups is 1. The molecular formula is C12H12F4N2OS. The molecule has 0 bridgehead atoms. The third-order valence-electron chi connectivity index (χ3n) is 2.72. The fourth-order valence-corrected chi connectivity index (χ4v) is 2.13. The van der Waals surface area contributed by atoms with E-state index in [-0.39, 0.29) is 16.6 Å². The molecule has 20 heavy (non-hydrogen) atoms. The molecule has 0 saturated heterocycles. The second kappa shape index (κ2) is 5.51. The minimum atomic E-state index is -4.47. The number of amides is 2. The van der Waals surface area contributed by atoms with Gasteiger partial charge in [-0.3, -0.25) is 4.90 Å². The molecule has 1 aliphatic carbocycles. The molecule has 0 atom stereocenters. The zero-order chi connectivity index (χ0) is 14.9. The highest BCUT2D eigenvalue weighted by molar-refractivity contribution is 8.00. The molecule has 0 heterocycles. The van der Waals surface area contributed by atoms with Crippen LogP contribution in [0.3, 0.4) is 0 Å². The van der Waals surface area contributed by atoms with Gasteiger partial charge in [0.15, 0.2) is 0 Å². The number of nitrogens with zero attached hydrogens (tertiary/aromatic N) is 1. The summed E-state index contributed by atoms with van der Waals surface area (Å²) in [6, 6.07) is 2.72. The van der Waals surface area contributed by atoms with E-state index in [0.29, 0.717) is 0 Å². The lowest BCUT2D eigenvalue weighted by molar-refractivity contribution is -0.0328. The van der Waals surface area contributed by atoms with E-state index in [0.717, 1.165) is 35.9 Å². The second-order valence-electron chi connectivity index (χ2n) is 4.44. The summed E-state index contributed by atoms with van der Waals surface area (Å²) < 4.78 is 50.3. The normalized spacial score (nSPS) is 15.1. The number of anilines is 1. The molecule has 2 rings (SSSR count). The summed E-state index contributed by atoms with van der Waals surface area (Å²) in [4.78, 5) is 12.5. The van der Waals surface area contributed by atoms with Gasteiger partial charge in [-0.25, -0.2) is 9.18 Å². The Kier molecular flexibility index (Phi) is 4.12. The minimum Gasteiger partial charge on any atom is -0.335 e. The van der Waals surface area contributed by atoms with Gasteiger partial charge in [0.2, 0.25) is 0 Å². The van der Waals surface area contributed by atoms with Gasteiger partial charge >= 0.3 is 11.5 Å². The smallest absolute Gasteiger partial charge is 0.335 e. The van der Waals surface area contributed by atoms with E-state index in [9.17, 15) is 22.4 Å². The van der Waals surface area contributed by atoms with Gasteiger partial charge in [0, 0.05) is 18.0 Å². The number of halogens is 4. The summed E-state index contributed by atoms with van der Waals surface area (Å²) in [5.41, 5.74) is -4.53. The van der Waals surface area contributed by atoms with Crippen molar-refractivity contribution in [3.05, 3.63) is 24.0 Å². The first-order chi connectivity index (χ1) is 9.26. The number of hydrogen-bond donors (Lipinski definition) is 1. The average molecular weight is 308 g/mol. The number of thioether (sulfide) groups is 1. The molecular weight excluding hydrogens is 296 g/mol. The maximum absolute atomic E-state index is 13.8. The van der Waals surface area contributed by atoms with Gasteiger partial charge in [-0.05, 0) is 42.8 Å². The summed E-state index contributed by atoms with van der Waals surface area (Å²) >= 11 is -0.395. The molecule has 1 aromatic carbocycles. The van der Waals surface area contributed by atoms with Crippen LogP contribution in [0, 0.1) is 5.82 Å². The number of benzene rings is 1. The zero-order valence-corrected chi connectivity index (χ0v) is 11.3. The first-order valence-electron chi connectivity index (χ1n) is 5.86. The molecule has 0 spiro atoms. The molecule has 0 aliphatic heterocycles. The molecule has 1 N–H and O–H groups in total. The number of hydrogen-bond acceptors (Lipinski definition) is 2. The molecule has 0 radical (unpaired) electrons. The number of nitrogens with one attached hydrogen (secondary N) is 1. The van der Waals surface area contributed by atoms with Crippen LogP contribution < -0.4 is 10.2 Å². The molecule has 2 amide bonds. The Labute approximate surface area is 117 Å². The van der Waals surface area contributed by atoms with Crippen molar-refractivity contribution in [1.82, 2.24) is 5.32 Å². The van der Waals surface area contributed by atoms with Crippen LogP contribution >= 0.6 is 11.8 Å². The zero-order valence-electron chi connectivity index (χ0n) is 10.5. The molecule has 1 saturated carbocycles. The summed E-state index contributed by atoms with van der Waals surface area (Å²) in [6.07, 6.45) is 1.78. The van der Waals surface area contributed by atoms with Crippen LogP contribution in [0.15, 0.2) is 23.1 Å². The van der Waals surface area contributed by atoms with Crippen LogP contribution in [0.1, 0.15) is 12.8 Å². The van der Waals surface area contributed by atoms with Crippen LogP contribution in [-0.4, -0.2) is 24.6 Å². The standard InChI is InChI=1S/C12H12F4N2OS/c1-18(11(19)17-7-2-3-7)10-5-4-8(6-9(10)13)20-12(14,15)16/h4-7H,2-3H2,1H3,(H,17,19). The summed E-state index contributed by atoms with van der Waals surface area (Å²) in [5.74, 6) is -0.868. The Bertz CT molecular complexity index is 517. The van der Waals surface area contributed by atoms with Crippen molar-refractivity contribution >= 4 is 23.5 Å². The molecule has 3 nitrogen and oxygen atoms in total. The maximum Gasteiger partial charge on any atom is 0.446 e.